The maximum absolute atomic E-state index is 6.14. The molecule has 1 aromatic carbocycles. The van der Waals surface area contributed by atoms with E-state index in [0.29, 0.717) is 5.92 Å². The molecule has 1 heterocycles. The summed E-state index contributed by atoms with van der Waals surface area (Å²) in [6, 6.07) is 6.35. The Morgan fingerprint density at radius 1 is 1.38 bits per heavy atom. The van der Waals surface area contributed by atoms with Gasteiger partial charge < -0.3 is 5.32 Å². The van der Waals surface area contributed by atoms with Crippen molar-refractivity contribution in [3.8, 4) is 0 Å². The van der Waals surface area contributed by atoms with Crippen molar-refractivity contribution in [3.63, 3.8) is 0 Å². The molecule has 0 saturated carbocycles. The molecular formula is C14H20ClN. The van der Waals surface area contributed by atoms with Crippen LogP contribution in [0.25, 0.3) is 0 Å². The van der Waals surface area contributed by atoms with E-state index in [-0.39, 0.29) is 5.41 Å². The highest BCUT2D eigenvalue weighted by molar-refractivity contribution is 6.30. The third kappa shape index (κ3) is 1.99. The van der Waals surface area contributed by atoms with Crippen molar-refractivity contribution in [2.24, 2.45) is 5.92 Å². The second-order valence-corrected chi connectivity index (χ2v) is 5.74. The SMILES string of the molecule is CC(C)[C@@]1(C)CNCCc2ccc(Cl)cc21. The number of rotatable bonds is 1. The molecule has 0 bridgehead atoms. The van der Waals surface area contributed by atoms with Gasteiger partial charge in [0.2, 0.25) is 0 Å². The molecule has 0 unspecified atom stereocenters. The number of fused-ring (bicyclic) bond motifs is 1. The van der Waals surface area contributed by atoms with Crippen LogP contribution in [0.15, 0.2) is 18.2 Å². The molecule has 16 heavy (non-hydrogen) atoms. The Labute approximate surface area is 103 Å². The highest BCUT2D eigenvalue weighted by Gasteiger charge is 2.33. The van der Waals surface area contributed by atoms with Crippen LogP contribution in [-0.2, 0) is 11.8 Å². The molecule has 0 saturated heterocycles. The van der Waals surface area contributed by atoms with Crippen molar-refractivity contribution < 1.29 is 0 Å². The molecule has 1 aliphatic heterocycles. The lowest BCUT2D eigenvalue weighted by molar-refractivity contribution is 0.327. The fourth-order valence-electron chi connectivity index (χ4n) is 2.48. The average molecular weight is 238 g/mol. The lowest BCUT2D eigenvalue weighted by atomic mass is 9.72. The molecule has 1 N–H and O–H groups in total. The quantitative estimate of drug-likeness (QED) is 0.790. The molecule has 0 radical (unpaired) electrons. The Kier molecular flexibility index (Phi) is 3.27. The van der Waals surface area contributed by atoms with Gasteiger partial charge in [0.05, 0.1) is 0 Å². The molecular weight excluding hydrogens is 218 g/mol. The Balaban J connectivity index is 2.55. The molecule has 1 aromatic rings. The summed E-state index contributed by atoms with van der Waals surface area (Å²) in [6.45, 7) is 9.02. The highest BCUT2D eigenvalue weighted by atomic mass is 35.5. The summed E-state index contributed by atoms with van der Waals surface area (Å²) in [5, 5.41) is 4.40. The predicted molar refractivity (Wildman–Crippen MR) is 70.2 cm³/mol. The van der Waals surface area contributed by atoms with Crippen molar-refractivity contribution in [2.45, 2.75) is 32.6 Å². The standard InChI is InChI=1S/C14H20ClN/c1-10(2)14(3)9-16-7-6-11-4-5-12(15)8-13(11)14/h4-5,8,10,16H,6-7,9H2,1-3H3/t14-/m1/s1. The number of hydrogen-bond acceptors (Lipinski definition) is 1. The molecule has 1 nitrogen and oxygen atoms in total. The Morgan fingerprint density at radius 3 is 2.81 bits per heavy atom. The Morgan fingerprint density at radius 2 is 2.12 bits per heavy atom. The minimum absolute atomic E-state index is 0.191. The first-order valence-electron chi connectivity index (χ1n) is 6.03. The summed E-state index contributed by atoms with van der Waals surface area (Å²) in [6.07, 6.45) is 1.11. The molecule has 1 atom stereocenters. The van der Waals surface area contributed by atoms with E-state index in [4.69, 9.17) is 11.6 Å². The summed E-state index contributed by atoms with van der Waals surface area (Å²) in [5.74, 6) is 0.607. The van der Waals surface area contributed by atoms with Crippen LogP contribution in [0.3, 0.4) is 0 Å². The molecule has 2 rings (SSSR count). The zero-order valence-corrected chi connectivity index (χ0v) is 11.1. The van der Waals surface area contributed by atoms with Gasteiger partial charge in [0.25, 0.3) is 0 Å². The second-order valence-electron chi connectivity index (χ2n) is 5.30. The molecule has 88 valence electrons. The highest BCUT2D eigenvalue weighted by Crippen LogP contribution is 2.36. The number of halogens is 1. The fourth-order valence-corrected chi connectivity index (χ4v) is 2.65. The van der Waals surface area contributed by atoms with Gasteiger partial charge in [-0.05, 0) is 42.1 Å². The molecule has 1 aliphatic rings. The van der Waals surface area contributed by atoms with Crippen LogP contribution >= 0.6 is 11.6 Å². The predicted octanol–water partition coefficient (Wildman–Crippen LogP) is 3.40. The van der Waals surface area contributed by atoms with Crippen molar-refractivity contribution >= 4 is 11.6 Å². The summed E-state index contributed by atoms with van der Waals surface area (Å²) < 4.78 is 0. The summed E-state index contributed by atoms with van der Waals surface area (Å²) >= 11 is 6.14. The topological polar surface area (TPSA) is 12.0 Å². The van der Waals surface area contributed by atoms with E-state index in [9.17, 15) is 0 Å². The van der Waals surface area contributed by atoms with Gasteiger partial charge in [-0.15, -0.1) is 0 Å². The van der Waals surface area contributed by atoms with E-state index >= 15 is 0 Å². The van der Waals surface area contributed by atoms with Crippen molar-refractivity contribution in [1.82, 2.24) is 5.32 Å². The van der Waals surface area contributed by atoms with Crippen LogP contribution in [0.1, 0.15) is 31.9 Å². The van der Waals surface area contributed by atoms with Crippen LogP contribution < -0.4 is 5.32 Å². The zero-order valence-electron chi connectivity index (χ0n) is 10.3. The van der Waals surface area contributed by atoms with E-state index in [1.54, 1.807) is 0 Å². The molecule has 0 fully saturated rings. The van der Waals surface area contributed by atoms with Crippen LogP contribution in [0.4, 0.5) is 0 Å². The van der Waals surface area contributed by atoms with E-state index < -0.39 is 0 Å². The van der Waals surface area contributed by atoms with E-state index in [1.165, 1.54) is 11.1 Å². The van der Waals surface area contributed by atoms with E-state index in [1.807, 2.05) is 6.07 Å². The van der Waals surface area contributed by atoms with Crippen LogP contribution in [0.2, 0.25) is 5.02 Å². The number of benzene rings is 1. The fraction of sp³-hybridized carbons (Fsp3) is 0.571. The van der Waals surface area contributed by atoms with Crippen LogP contribution in [-0.4, -0.2) is 13.1 Å². The van der Waals surface area contributed by atoms with Gasteiger partial charge in [-0.2, -0.15) is 0 Å². The molecule has 0 amide bonds. The zero-order chi connectivity index (χ0) is 11.8. The summed E-state index contributed by atoms with van der Waals surface area (Å²) in [7, 11) is 0. The third-order valence-electron chi connectivity index (χ3n) is 4.02. The normalized spacial score (nSPS) is 25.3. The van der Waals surface area contributed by atoms with Gasteiger partial charge in [0.15, 0.2) is 0 Å². The van der Waals surface area contributed by atoms with Crippen LogP contribution in [0.5, 0.6) is 0 Å². The Hall–Kier alpha value is -0.530. The minimum Gasteiger partial charge on any atom is -0.316 e. The third-order valence-corrected chi connectivity index (χ3v) is 4.26. The molecule has 0 spiro atoms. The van der Waals surface area contributed by atoms with E-state index in [2.05, 4.69) is 38.2 Å². The van der Waals surface area contributed by atoms with Crippen molar-refractivity contribution in [1.29, 1.82) is 0 Å². The van der Waals surface area contributed by atoms with Crippen molar-refractivity contribution in [3.05, 3.63) is 34.3 Å². The van der Waals surface area contributed by atoms with Crippen LogP contribution in [0, 0.1) is 5.92 Å². The molecule has 2 heteroatoms. The summed E-state index contributed by atoms with van der Waals surface area (Å²) in [4.78, 5) is 0. The van der Waals surface area contributed by atoms with Crippen molar-refractivity contribution in [2.75, 3.05) is 13.1 Å². The summed E-state index contributed by atoms with van der Waals surface area (Å²) in [5.41, 5.74) is 3.07. The maximum atomic E-state index is 6.14. The second kappa shape index (κ2) is 4.38. The minimum atomic E-state index is 0.191. The lowest BCUT2D eigenvalue weighted by Crippen LogP contribution is -2.38. The molecule has 0 aliphatic carbocycles. The average Bonchev–Trinajstić information content (AvgIpc) is 2.40. The van der Waals surface area contributed by atoms with Gasteiger partial charge in [-0.25, -0.2) is 0 Å². The first-order chi connectivity index (χ1) is 7.54. The number of hydrogen-bond donors (Lipinski definition) is 1. The largest absolute Gasteiger partial charge is 0.316 e. The first kappa shape index (κ1) is 11.9. The number of nitrogens with one attached hydrogen (secondary N) is 1. The van der Waals surface area contributed by atoms with Gasteiger partial charge in [0.1, 0.15) is 0 Å². The van der Waals surface area contributed by atoms with Gasteiger partial charge in [0, 0.05) is 17.0 Å². The lowest BCUT2D eigenvalue weighted by Gasteiger charge is -2.34. The monoisotopic (exact) mass is 237 g/mol. The maximum Gasteiger partial charge on any atom is 0.0409 e. The smallest absolute Gasteiger partial charge is 0.0409 e. The van der Waals surface area contributed by atoms with E-state index in [0.717, 1.165) is 24.5 Å². The van der Waals surface area contributed by atoms with Gasteiger partial charge >= 0.3 is 0 Å². The Bertz CT molecular complexity index is 386. The van der Waals surface area contributed by atoms with Gasteiger partial charge in [-0.1, -0.05) is 38.4 Å². The first-order valence-corrected chi connectivity index (χ1v) is 6.41. The molecule has 0 aromatic heterocycles. The van der Waals surface area contributed by atoms with Gasteiger partial charge in [-0.3, -0.25) is 0 Å².